The number of rotatable bonds is 4. The molecule has 0 saturated heterocycles. The highest BCUT2D eigenvalue weighted by Crippen LogP contribution is 2.09. The van der Waals surface area contributed by atoms with Crippen molar-refractivity contribution in [2.75, 3.05) is 13.1 Å². The lowest BCUT2D eigenvalue weighted by Gasteiger charge is -2.07. The van der Waals surface area contributed by atoms with Gasteiger partial charge in [-0.2, -0.15) is 0 Å². The first-order valence-electron chi connectivity index (χ1n) is 3.86. The van der Waals surface area contributed by atoms with Gasteiger partial charge in [0.05, 0.1) is 6.10 Å². The Balaban J connectivity index is 2.36. The van der Waals surface area contributed by atoms with Crippen molar-refractivity contribution in [3.8, 4) is 0 Å². The van der Waals surface area contributed by atoms with Crippen molar-refractivity contribution in [1.29, 1.82) is 0 Å². The molecule has 1 aromatic heterocycles. The Labute approximate surface area is 66.4 Å². The molecule has 1 rings (SSSR count). The molecule has 0 aromatic carbocycles. The van der Waals surface area contributed by atoms with Crippen LogP contribution >= 0.6 is 0 Å². The van der Waals surface area contributed by atoms with E-state index in [9.17, 15) is 5.11 Å². The van der Waals surface area contributed by atoms with Crippen molar-refractivity contribution >= 4 is 0 Å². The smallest absolute Gasteiger partial charge is 0.0928 e. The second-order valence-electron chi connectivity index (χ2n) is 2.47. The van der Waals surface area contributed by atoms with Crippen LogP contribution in [0.4, 0.5) is 0 Å². The molecule has 0 radical (unpaired) electrons. The van der Waals surface area contributed by atoms with Gasteiger partial charge in [0.2, 0.25) is 0 Å². The molecular formula is C8H14N2O. The third kappa shape index (κ3) is 2.37. The maximum absolute atomic E-state index is 9.46. The normalized spacial score (nSPS) is 13.3. The number of hydrogen-bond acceptors (Lipinski definition) is 2. The number of likely N-dealkylation sites (N-methyl/N-ethyl adjacent to an activating group) is 1. The molecule has 1 atom stereocenters. The van der Waals surface area contributed by atoms with E-state index in [4.69, 9.17) is 0 Å². The zero-order valence-electron chi connectivity index (χ0n) is 6.67. The number of hydrogen-bond donors (Lipinski definition) is 3. The van der Waals surface area contributed by atoms with Gasteiger partial charge in [0.15, 0.2) is 0 Å². The second kappa shape index (κ2) is 4.16. The van der Waals surface area contributed by atoms with Crippen LogP contribution in [0.25, 0.3) is 0 Å². The molecular weight excluding hydrogens is 140 g/mol. The number of nitrogens with one attached hydrogen (secondary N) is 2. The van der Waals surface area contributed by atoms with Crippen LogP contribution in [0.3, 0.4) is 0 Å². The Morgan fingerprint density at radius 1 is 1.73 bits per heavy atom. The minimum Gasteiger partial charge on any atom is -0.387 e. The van der Waals surface area contributed by atoms with Crippen LogP contribution in [0, 0.1) is 0 Å². The van der Waals surface area contributed by atoms with Crippen LogP contribution in [-0.2, 0) is 0 Å². The summed E-state index contributed by atoms with van der Waals surface area (Å²) in [6.45, 7) is 3.53. The summed E-state index contributed by atoms with van der Waals surface area (Å²) in [5.74, 6) is 0. The monoisotopic (exact) mass is 154 g/mol. The molecule has 0 amide bonds. The highest BCUT2D eigenvalue weighted by molar-refractivity contribution is 5.11. The molecule has 0 aliphatic carbocycles. The average molecular weight is 154 g/mol. The van der Waals surface area contributed by atoms with Crippen LogP contribution in [0.15, 0.2) is 18.5 Å². The number of aliphatic hydroxyl groups excluding tert-OH is 1. The molecule has 0 aliphatic heterocycles. The summed E-state index contributed by atoms with van der Waals surface area (Å²) in [6, 6.07) is 1.88. The van der Waals surface area contributed by atoms with Crippen LogP contribution < -0.4 is 5.32 Å². The first-order chi connectivity index (χ1) is 5.34. The molecule has 0 bridgehead atoms. The molecule has 3 nitrogen and oxygen atoms in total. The largest absolute Gasteiger partial charge is 0.387 e. The van der Waals surface area contributed by atoms with E-state index in [2.05, 4.69) is 10.3 Å². The predicted molar refractivity (Wildman–Crippen MR) is 44.3 cm³/mol. The maximum Gasteiger partial charge on any atom is 0.0928 e. The van der Waals surface area contributed by atoms with E-state index in [1.54, 1.807) is 0 Å². The Bertz CT molecular complexity index is 184. The van der Waals surface area contributed by atoms with Crippen molar-refractivity contribution in [2.24, 2.45) is 0 Å². The maximum atomic E-state index is 9.46. The lowest BCUT2D eigenvalue weighted by molar-refractivity contribution is 0.176. The Hall–Kier alpha value is -0.800. The van der Waals surface area contributed by atoms with E-state index >= 15 is 0 Å². The van der Waals surface area contributed by atoms with Gasteiger partial charge < -0.3 is 15.4 Å². The summed E-state index contributed by atoms with van der Waals surface area (Å²) in [7, 11) is 0. The first-order valence-corrected chi connectivity index (χ1v) is 3.86. The Morgan fingerprint density at radius 2 is 2.55 bits per heavy atom. The summed E-state index contributed by atoms with van der Waals surface area (Å²) in [5.41, 5.74) is 0.936. The van der Waals surface area contributed by atoms with Crippen LogP contribution in [0.5, 0.6) is 0 Å². The number of aromatic nitrogens is 1. The number of H-pyrrole nitrogens is 1. The molecule has 1 unspecified atom stereocenters. The number of aromatic amines is 1. The fourth-order valence-corrected chi connectivity index (χ4v) is 0.943. The van der Waals surface area contributed by atoms with Gasteiger partial charge in [0.1, 0.15) is 0 Å². The van der Waals surface area contributed by atoms with Crippen molar-refractivity contribution in [2.45, 2.75) is 13.0 Å². The fourth-order valence-electron chi connectivity index (χ4n) is 0.943. The lowest BCUT2D eigenvalue weighted by atomic mass is 10.2. The topological polar surface area (TPSA) is 48.0 Å². The van der Waals surface area contributed by atoms with Gasteiger partial charge in [0, 0.05) is 18.9 Å². The standard InChI is InChI=1S/C8H14N2O/c1-2-9-6-8(11)7-3-4-10-5-7/h3-5,8-11H,2,6H2,1H3. The van der Waals surface area contributed by atoms with E-state index in [0.717, 1.165) is 12.1 Å². The summed E-state index contributed by atoms with van der Waals surface area (Å²) in [5, 5.41) is 12.5. The zero-order chi connectivity index (χ0) is 8.10. The second-order valence-corrected chi connectivity index (χ2v) is 2.47. The summed E-state index contributed by atoms with van der Waals surface area (Å²) < 4.78 is 0. The molecule has 1 heterocycles. The van der Waals surface area contributed by atoms with Crippen LogP contribution in [0.2, 0.25) is 0 Å². The van der Waals surface area contributed by atoms with Crippen molar-refractivity contribution in [1.82, 2.24) is 10.3 Å². The molecule has 3 heteroatoms. The average Bonchev–Trinajstić information content (AvgIpc) is 2.52. The minimum atomic E-state index is -0.388. The van der Waals surface area contributed by atoms with Gasteiger partial charge in [0.25, 0.3) is 0 Å². The lowest BCUT2D eigenvalue weighted by Crippen LogP contribution is -2.20. The SMILES string of the molecule is CCNCC(O)c1cc[nH]c1. The first kappa shape index (κ1) is 8.30. The van der Waals surface area contributed by atoms with E-state index in [1.807, 2.05) is 25.4 Å². The van der Waals surface area contributed by atoms with E-state index in [0.29, 0.717) is 6.54 Å². The highest BCUT2D eigenvalue weighted by atomic mass is 16.3. The van der Waals surface area contributed by atoms with Crippen molar-refractivity contribution in [3.63, 3.8) is 0 Å². The molecule has 62 valence electrons. The van der Waals surface area contributed by atoms with Crippen molar-refractivity contribution < 1.29 is 5.11 Å². The number of aliphatic hydroxyl groups is 1. The van der Waals surface area contributed by atoms with E-state index in [-0.39, 0.29) is 6.10 Å². The molecule has 0 aliphatic rings. The summed E-state index contributed by atoms with van der Waals surface area (Å²) in [4.78, 5) is 2.90. The van der Waals surface area contributed by atoms with Gasteiger partial charge in [-0.15, -0.1) is 0 Å². The molecule has 11 heavy (non-hydrogen) atoms. The van der Waals surface area contributed by atoms with E-state index < -0.39 is 0 Å². The zero-order valence-corrected chi connectivity index (χ0v) is 6.67. The van der Waals surface area contributed by atoms with Gasteiger partial charge in [-0.3, -0.25) is 0 Å². The van der Waals surface area contributed by atoms with Gasteiger partial charge in [-0.05, 0) is 18.2 Å². The summed E-state index contributed by atoms with van der Waals surface area (Å²) in [6.07, 6.45) is 3.23. The molecule has 0 fully saturated rings. The van der Waals surface area contributed by atoms with Gasteiger partial charge >= 0.3 is 0 Å². The predicted octanol–water partition coefficient (Wildman–Crippen LogP) is 0.658. The quantitative estimate of drug-likeness (QED) is 0.596. The molecule has 3 N–H and O–H groups in total. The van der Waals surface area contributed by atoms with E-state index in [1.165, 1.54) is 0 Å². The van der Waals surface area contributed by atoms with Gasteiger partial charge in [-0.1, -0.05) is 6.92 Å². The highest BCUT2D eigenvalue weighted by Gasteiger charge is 2.04. The van der Waals surface area contributed by atoms with Crippen LogP contribution in [-0.4, -0.2) is 23.2 Å². The third-order valence-electron chi connectivity index (χ3n) is 1.59. The fraction of sp³-hybridized carbons (Fsp3) is 0.500. The van der Waals surface area contributed by atoms with Gasteiger partial charge in [-0.25, -0.2) is 0 Å². The molecule has 1 aromatic rings. The molecule has 0 spiro atoms. The van der Waals surface area contributed by atoms with Crippen molar-refractivity contribution in [3.05, 3.63) is 24.0 Å². The van der Waals surface area contributed by atoms with Crippen LogP contribution in [0.1, 0.15) is 18.6 Å². The minimum absolute atomic E-state index is 0.388. The third-order valence-corrected chi connectivity index (χ3v) is 1.59. The Kier molecular flexibility index (Phi) is 3.14. The summed E-state index contributed by atoms with van der Waals surface area (Å²) >= 11 is 0. The molecule has 0 saturated carbocycles. The Morgan fingerprint density at radius 3 is 3.09 bits per heavy atom.